The normalized spacial score (nSPS) is 13.4. The van der Waals surface area contributed by atoms with Gasteiger partial charge in [-0.1, -0.05) is 18.2 Å². The van der Waals surface area contributed by atoms with Crippen LogP contribution in [0.2, 0.25) is 0 Å². The van der Waals surface area contributed by atoms with Gasteiger partial charge in [0.25, 0.3) is 5.56 Å². The number of hydrogen-bond donors (Lipinski definition) is 2. The minimum absolute atomic E-state index is 0.0135. The Balaban J connectivity index is 1.21. The molecule has 4 rings (SSSR count). The Morgan fingerprint density at radius 1 is 1.23 bits per heavy atom. The number of benzene rings is 1. The average Bonchev–Trinajstić information content (AvgIpc) is 3.33. The predicted molar refractivity (Wildman–Crippen MR) is 125 cm³/mol. The molecule has 2 heterocycles. The maximum Gasteiger partial charge on any atom is 0.259 e. The second-order valence-electron chi connectivity index (χ2n) is 7.38. The molecule has 1 aromatic carbocycles. The van der Waals surface area contributed by atoms with E-state index >= 15 is 0 Å². The van der Waals surface area contributed by atoms with Crippen LogP contribution in [0, 0.1) is 0 Å². The number of aryl methyl sites for hydroxylation is 2. The van der Waals surface area contributed by atoms with Crippen molar-refractivity contribution in [2.24, 2.45) is 0 Å². The third-order valence-electron chi connectivity index (χ3n) is 5.11. The monoisotopic (exact) mass is 477 g/mol. The third kappa shape index (κ3) is 5.19. The number of aromatic amines is 1. The van der Waals surface area contributed by atoms with E-state index in [1.165, 1.54) is 16.6 Å². The SMILES string of the molecule is O=C(CSCc1nc2sc3c(c2c(=O)[nH]1)CCC3)NCCCS(=O)(=O)c1ccccc1. The van der Waals surface area contributed by atoms with E-state index in [0.717, 1.165) is 35.0 Å². The highest BCUT2D eigenvalue weighted by Gasteiger charge is 2.21. The van der Waals surface area contributed by atoms with E-state index in [9.17, 15) is 18.0 Å². The van der Waals surface area contributed by atoms with Crippen LogP contribution in [-0.2, 0) is 33.2 Å². The number of sulfone groups is 1. The Hall–Kier alpha value is -2.17. The van der Waals surface area contributed by atoms with Gasteiger partial charge in [-0.2, -0.15) is 0 Å². The first-order valence-electron chi connectivity index (χ1n) is 10.1. The first-order valence-corrected chi connectivity index (χ1v) is 13.7. The van der Waals surface area contributed by atoms with Gasteiger partial charge in [0.15, 0.2) is 9.84 Å². The molecule has 0 bridgehead atoms. The standard InChI is InChI=1S/C21H23N3O4S3/c25-18(22-10-5-11-31(27,28)14-6-2-1-3-7-14)13-29-12-17-23-20(26)19-15-8-4-9-16(15)30-21(19)24-17/h1-3,6-7H,4-5,8-13H2,(H,22,25)(H,23,24,26). The third-order valence-corrected chi connectivity index (χ3v) is 9.06. The molecule has 0 aliphatic heterocycles. The van der Waals surface area contributed by atoms with E-state index in [1.54, 1.807) is 41.7 Å². The number of nitrogens with zero attached hydrogens (tertiary/aromatic N) is 1. The zero-order valence-corrected chi connectivity index (χ0v) is 19.3. The van der Waals surface area contributed by atoms with Crippen LogP contribution in [0.15, 0.2) is 40.0 Å². The minimum Gasteiger partial charge on any atom is -0.355 e. The van der Waals surface area contributed by atoms with Crippen molar-refractivity contribution in [3.05, 3.63) is 57.0 Å². The molecule has 1 aliphatic carbocycles. The van der Waals surface area contributed by atoms with Gasteiger partial charge in [-0.25, -0.2) is 13.4 Å². The van der Waals surface area contributed by atoms with Crippen molar-refractivity contribution in [2.75, 3.05) is 18.1 Å². The second-order valence-corrected chi connectivity index (χ2v) is 11.6. The Morgan fingerprint density at radius 2 is 2.03 bits per heavy atom. The van der Waals surface area contributed by atoms with Gasteiger partial charge < -0.3 is 10.3 Å². The molecule has 0 saturated carbocycles. The van der Waals surface area contributed by atoms with Crippen LogP contribution in [-0.4, -0.2) is 42.3 Å². The van der Waals surface area contributed by atoms with E-state index in [2.05, 4.69) is 15.3 Å². The van der Waals surface area contributed by atoms with Crippen LogP contribution >= 0.6 is 23.1 Å². The van der Waals surface area contributed by atoms with Crippen LogP contribution in [0.1, 0.15) is 29.1 Å². The lowest BCUT2D eigenvalue weighted by Gasteiger charge is -2.06. The Kier molecular flexibility index (Phi) is 6.78. The van der Waals surface area contributed by atoms with E-state index in [0.29, 0.717) is 29.4 Å². The smallest absolute Gasteiger partial charge is 0.259 e. The van der Waals surface area contributed by atoms with Gasteiger partial charge >= 0.3 is 0 Å². The van der Waals surface area contributed by atoms with Gasteiger partial charge in [0.1, 0.15) is 10.7 Å². The van der Waals surface area contributed by atoms with Crippen LogP contribution in [0.3, 0.4) is 0 Å². The fourth-order valence-electron chi connectivity index (χ4n) is 3.64. The second kappa shape index (κ2) is 9.54. The molecule has 7 nitrogen and oxygen atoms in total. The number of amides is 1. The molecule has 0 radical (unpaired) electrons. The first kappa shape index (κ1) is 22.0. The largest absolute Gasteiger partial charge is 0.355 e. The first-order chi connectivity index (χ1) is 14.9. The summed E-state index contributed by atoms with van der Waals surface area (Å²) in [5.74, 6) is 1.04. The number of rotatable bonds is 9. The maximum absolute atomic E-state index is 12.4. The van der Waals surface area contributed by atoms with Crippen molar-refractivity contribution in [1.82, 2.24) is 15.3 Å². The summed E-state index contributed by atoms with van der Waals surface area (Å²) in [7, 11) is -3.33. The summed E-state index contributed by atoms with van der Waals surface area (Å²) in [5, 5.41) is 3.48. The maximum atomic E-state index is 12.4. The molecule has 0 saturated heterocycles. The van der Waals surface area contributed by atoms with Gasteiger partial charge in [0, 0.05) is 11.4 Å². The topological polar surface area (TPSA) is 109 Å². The highest BCUT2D eigenvalue weighted by Crippen LogP contribution is 2.34. The lowest BCUT2D eigenvalue weighted by molar-refractivity contribution is -0.118. The summed E-state index contributed by atoms with van der Waals surface area (Å²) in [6.07, 6.45) is 3.41. The summed E-state index contributed by atoms with van der Waals surface area (Å²) in [6.45, 7) is 0.299. The van der Waals surface area contributed by atoms with Gasteiger partial charge in [-0.05, 0) is 43.4 Å². The summed E-state index contributed by atoms with van der Waals surface area (Å²) >= 11 is 2.96. The number of carbonyl (C=O) groups is 1. The number of fused-ring (bicyclic) bond motifs is 3. The highest BCUT2D eigenvalue weighted by molar-refractivity contribution is 7.99. The number of aromatic nitrogens is 2. The fraction of sp³-hybridized carbons (Fsp3) is 0.381. The van der Waals surface area contributed by atoms with Crippen molar-refractivity contribution in [3.63, 3.8) is 0 Å². The van der Waals surface area contributed by atoms with Crippen LogP contribution < -0.4 is 10.9 Å². The minimum atomic E-state index is -3.33. The van der Waals surface area contributed by atoms with E-state index in [4.69, 9.17) is 0 Å². The van der Waals surface area contributed by atoms with Gasteiger partial charge in [0.2, 0.25) is 5.91 Å². The van der Waals surface area contributed by atoms with Crippen molar-refractivity contribution in [2.45, 2.75) is 36.3 Å². The van der Waals surface area contributed by atoms with Gasteiger partial charge in [0.05, 0.1) is 27.5 Å². The molecule has 2 aromatic heterocycles. The summed E-state index contributed by atoms with van der Waals surface area (Å²) in [6, 6.07) is 8.30. The number of thioether (sulfide) groups is 1. The van der Waals surface area contributed by atoms with Crippen LogP contribution in [0.4, 0.5) is 0 Å². The lowest BCUT2D eigenvalue weighted by Crippen LogP contribution is -2.27. The molecule has 0 atom stereocenters. The highest BCUT2D eigenvalue weighted by atomic mass is 32.2. The zero-order chi connectivity index (χ0) is 21.8. The number of hydrogen-bond acceptors (Lipinski definition) is 7. The molecule has 1 aliphatic rings. The van der Waals surface area contributed by atoms with Crippen LogP contribution in [0.25, 0.3) is 10.2 Å². The lowest BCUT2D eigenvalue weighted by atomic mass is 10.2. The number of H-pyrrole nitrogens is 1. The van der Waals surface area contributed by atoms with E-state index in [-0.39, 0.29) is 23.0 Å². The molecule has 10 heteroatoms. The molecule has 164 valence electrons. The number of carbonyl (C=O) groups excluding carboxylic acids is 1. The number of thiophene rings is 1. The van der Waals surface area contributed by atoms with Crippen molar-refractivity contribution >= 4 is 49.1 Å². The average molecular weight is 478 g/mol. The fourth-order valence-corrected chi connectivity index (χ4v) is 6.97. The summed E-state index contributed by atoms with van der Waals surface area (Å²) in [5.41, 5.74) is 1.06. The summed E-state index contributed by atoms with van der Waals surface area (Å²) in [4.78, 5) is 34.2. The Bertz CT molecular complexity index is 1250. The summed E-state index contributed by atoms with van der Waals surface area (Å²) < 4.78 is 24.4. The Morgan fingerprint density at radius 3 is 2.84 bits per heavy atom. The van der Waals surface area contributed by atoms with E-state index < -0.39 is 9.84 Å². The zero-order valence-electron chi connectivity index (χ0n) is 16.8. The van der Waals surface area contributed by atoms with Gasteiger partial charge in [-0.3, -0.25) is 9.59 Å². The van der Waals surface area contributed by atoms with E-state index in [1.807, 2.05) is 0 Å². The van der Waals surface area contributed by atoms with Crippen LogP contribution in [0.5, 0.6) is 0 Å². The molecule has 0 fully saturated rings. The van der Waals surface area contributed by atoms with Gasteiger partial charge in [-0.15, -0.1) is 23.1 Å². The van der Waals surface area contributed by atoms with Crippen molar-refractivity contribution in [3.8, 4) is 0 Å². The predicted octanol–water partition coefficient (Wildman–Crippen LogP) is 2.69. The van der Waals surface area contributed by atoms with Crippen molar-refractivity contribution < 1.29 is 13.2 Å². The molecular formula is C21H23N3O4S3. The molecule has 0 spiro atoms. The molecule has 0 unspecified atom stereocenters. The molecule has 1 amide bonds. The molecule has 3 aromatic rings. The number of nitrogens with one attached hydrogen (secondary N) is 2. The quantitative estimate of drug-likeness (QED) is 0.459. The van der Waals surface area contributed by atoms with Crippen molar-refractivity contribution in [1.29, 1.82) is 0 Å². The molecule has 31 heavy (non-hydrogen) atoms. The molecular weight excluding hydrogens is 454 g/mol. The molecule has 2 N–H and O–H groups in total. The Labute approximate surface area is 188 Å².